The zero-order valence-electron chi connectivity index (χ0n) is 28.4. The first kappa shape index (κ1) is 30.4. The van der Waals surface area contributed by atoms with Gasteiger partial charge in [-0.15, -0.1) is 11.3 Å². The van der Waals surface area contributed by atoms with Gasteiger partial charge in [0.1, 0.15) is 0 Å². The number of rotatable bonds is 6. The smallest absolute Gasteiger partial charge is 0.0547 e. The number of anilines is 3. The minimum atomic E-state index is 1.12. The van der Waals surface area contributed by atoms with E-state index in [0.717, 1.165) is 11.4 Å². The highest BCUT2D eigenvalue weighted by molar-refractivity contribution is 7.26. The summed E-state index contributed by atoms with van der Waals surface area (Å²) in [5.41, 5.74) is 10.7. The van der Waals surface area contributed by atoms with Crippen LogP contribution < -0.4 is 4.90 Å². The Morgan fingerprint density at radius 3 is 1.62 bits per heavy atom. The predicted octanol–water partition coefficient (Wildman–Crippen LogP) is 14.8. The van der Waals surface area contributed by atoms with Crippen LogP contribution in [-0.4, -0.2) is 0 Å². The summed E-state index contributed by atoms with van der Waals surface area (Å²) in [6.45, 7) is 0. The molecule has 9 aromatic carbocycles. The fourth-order valence-electron chi connectivity index (χ4n) is 7.70. The van der Waals surface area contributed by atoms with Gasteiger partial charge >= 0.3 is 0 Å². The van der Waals surface area contributed by atoms with Crippen molar-refractivity contribution in [2.24, 2.45) is 0 Å². The quantitative estimate of drug-likeness (QED) is 0.169. The van der Waals surface area contributed by atoms with Gasteiger partial charge < -0.3 is 4.90 Å². The maximum absolute atomic E-state index is 2.48. The lowest BCUT2D eigenvalue weighted by atomic mass is 9.98. The summed E-state index contributed by atoms with van der Waals surface area (Å²) in [5, 5.41) is 7.51. The summed E-state index contributed by atoms with van der Waals surface area (Å²) in [4.78, 5) is 2.48. The lowest BCUT2D eigenvalue weighted by Crippen LogP contribution is -2.11. The third-order valence-corrected chi connectivity index (χ3v) is 11.5. The molecule has 1 nitrogen and oxygen atoms in total. The Morgan fingerprint density at radius 2 is 0.846 bits per heavy atom. The summed E-state index contributed by atoms with van der Waals surface area (Å²) in [6.07, 6.45) is 0. The van der Waals surface area contributed by atoms with E-state index in [1.807, 2.05) is 11.3 Å². The molecule has 0 saturated carbocycles. The molecule has 0 atom stereocenters. The molecule has 0 unspecified atom stereocenters. The summed E-state index contributed by atoms with van der Waals surface area (Å²) >= 11 is 1.89. The van der Waals surface area contributed by atoms with E-state index in [2.05, 4.69) is 205 Å². The van der Waals surface area contributed by atoms with Gasteiger partial charge in [0, 0.05) is 42.0 Å². The largest absolute Gasteiger partial charge is 0.309 e. The second kappa shape index (κ2) is 12.7. The zero-order chi connectivity index (χ0) is 34.4. The molecule has 0 spiro atoms. The minimum absolute atomic E-state index is 1.12. The van der Waals surface area contributed by atoms with Crippen molar-refractivity contribution in [1.29, 1.82) is 0 Å². The summed E-state index contributed by atoms with van der Waals surface area (Å²) in [5.74, 6) is 0. The highest BCUT2D eigenvalue weighted by Crippen LogP contribution is 2.48. The highest BCUT2D eigenvalue weighted by Gasteiger charge is 2.21. The van der Waals surface area contributed by atoms with Crippen molar-refractivity contribution in [3.8, 4) is 33.4 Å². The maximum Gasteiger partial charge on any atom is 0.0547 e. The van der Waals surface area contributed by atoms with Crippen LogP contribution in [0, 0.1) is 0 Å². The number of benzene rings is 9. The van der Waals surface area contributed by atoms with Gasteiger partial charge in [-0.2, -0.15) is 0 Å². The van der Waals surface area contributed by atoms with Gasteiger partial charge in [-0.3, -0.25) is 0 Å². The van der Waals surface area contributed by atoms with Crippen LogP contribution in [0.5, 0.6) is 0 Å². The number of fused-ring (bicyclic) bond motifs is 6. The van der Waals surface area contributed by atoms with E-state index in [1.54, 1.807) is 0 Å². The lowest BCUT2D eigenvalue weighted by molar-refractivity contribution is 1.32. The molecule has 1 heterocycles. The molecule has 2 heteroatoms. The minimum Gasteiger partial charge on any atom is -0.309 e. The Kier molecular flexibility index (Phi) is 7.41. The van der Waals surface area contributed by atoms with E-state index in [-0.39, 0.29) is 0 Å². The average molecular weight is 680 g/mol. The first-order valence-corrected chi connectivity index (χ1v) is 18.6. The van der Waals surface area contributed by atoms with Crippen molar-refractivity contribution in [1.82, 2.24) is 0 Å². The van der Waals surface area contributed by atoms with E-state index in [0.29, 0.717) is 0 Å². The van der Waals surface area contributed by atoms with E-state index >= 15 is 0 Å². The van der Waals surface area contributed by atoms with Crippen molar-refractivity contribution in [2.45, 2.75) is 0 Å². The standard InChI is InChI=1S/C50H33NS/c1-3-13-34(14-4-1)36-25-27-37(28-26-36)39-19-11-20-41(31-39)51(47-24-12-18-38-17-7-8-21-42(38)47)48-33-46-45-32-40(35-15-5-2-6-16-35)29-30-49(45)52-50(46)44-23-10-9-22-43(44)48/h1-33H. The van der Waals surface area contributed by atoms with Crippen LogP contribution in [0.2, 0.25) is 0 Å². The van der Waals surface area contributed by atoms with Gasteiger partial charge in [-0.25, -0.2) is 0 Å². The normalized spacial score (nSPS) is 11.5. The van der Waals surface area contributed by atoms with Crippen LogP contribution in [0.3, 0.4) is 0 Å². The molecule has 0 radical (unpaired) electrons. The van der Waals surface area contributed by atoms with E-state index in [1.165, 1.54) is 80.8 Å². The fourth-order valence-corrected chi connectivity index (χ4v) is 8.90. The zero-order valence-corrected chi connectivity index (χ0v) is 29.2. The van der Waals surface area contributed by atoms with Crippen LogP contribution in [0.15, 0.2) is 200 Å². The molecule has 0 N–H and O–H groups in total. The van der Waals surface area contributed by atoms with Gasteiger partial charge in [0.15, 0.2) is 0 Å². The number of hydrogen-bond donors (Lipinski definition) is 0. The average Bonchev–Trinajstić information content (AvgIpc) is 3.60. The van der Waals surface area contributed by atoms with Crippen molar-refractivity contribution in [3.05, 3.63) is 200 Å². The molecule has 0 aliphatic carbocycles. The summed E-state index contributed by atoms with van der Waals surface area (Å²) in [7, 11) is 0. The first-order valence-electron chi connectivity index (χ1n) is 17.8. The Bertz CT molecular complexity index is 2880. The fraction of sp³-hybridized carbons (Fsp3) is 0. The van der Waals surface area contributed by atoms with E-state index < -0.39 is 0 Å². The highest BCUT2D eigenvalue weighted by atomic mass is 32.1. The van der Waals surface area contributed by atoms with Crippen LogP contribution in [0.1, 0.15) is 0 Å². The van der Waals surface area contributed by atoms with Crippen LogP contribution in [0.25, 0.3) is 75.1 Å². The molecule has 0 bridgehead atoms. The van der Waals surface area contributed by atoms with E-state index in [4.69, 9.17) is 0 Å². The Morgan fingerprint density at radius 1 is 0.308 bits per heavy atom. The second-order valence-corrected chi connectivity index (χ2v) is 14.4. The molecule has 0 saturated heterocycles. The SMILES string of the molecule is c1ccc(-c2ccc(-c3cccc(N(c4cccc5ccccc45)c4cc5c6cc(-c7ccccc7)ccc6sc5c5ccccc45)c3)cc2)cc1. The molecular weight excluding hydrogens is 647 g/mol. The third kappa shape index (κ3) is 5.24. The van der Waals surface area contributed by atoms with Crippen LogP contribution in [0.4, 0.5) is 17.1 Å². The molecule has 0 aliphatic heterocycles. The van der Waals surface area contributed by atoms with Gasteiger partial charge in [-0.05, 0) is 75.2 Å². The number of thiophene rings is 1. The molecule has 0 fully saturated rings. The van der Waals surface area contributed by atoms with Gasteiger partial charge in [0.05, 0.1) is 11.4 Å². The third-order valence-electron chi connectivity index (χ3n) is 10.2. The summed E-state index contributed by atoms with van der Waals surface area (Å²) in [6, 6.07) is 72.9. The molecular formula is C50H33NS. The lowest BCUT2D eigenvalue weighted by Gasteiger charge is -2.29. The first-order chi connectivity index (χ1) is 25.8. The van der Waals surface area contributed by atoms with Crippen molar-refractivity contribution < 1.29 is 0 Å². The molecule has 10 aromatic rings. The molecule has 52 heavy (non-hydrogen) atoms. The van der Waals surface area contributed by atoms with Gasteiger partial charge in [0.25, 0.3) is 0 Å². The van der Waals surface area contributed by atoms with Gasteiger partial charge in [0.2, 0.25) is 0 Å². The second-order valence-electron chi connectivity index (χ2n) is 13.3. The Labute approximate surface area is 307 Å². The van der Waals surface area contributed by atoms with Crippen molar-refractivity contribution in [2.75, 3.05) is 4.90 Å². The topological polar surface area (TPSA) is 3.24 Å². The number of hydrogen-bond acceptors (Lipinski definition) is 2. The Hall–Kier alpha value is -6.48. The predicted molar refractivity (Wildman–Crippen MR) is 225 cm³/mol. The molecule has 0 amide bonds. The monoisotopic (exact) mass is 679 g/mol. The van der Waals surface area contributed by atoms with Crippen molar-refractivity contribution in [3.63, 3.8) is 0 Å². The molecule has 1 aromatic heterocycles. The van der Waals surface area contributed by atoms with E-state index in [9.17, 15) is 0 Å². The molecule has 244 valence electrons. The van der Waals surface area contributed by atoms with Crippen LogP contribution >= 0.6 is 11.3 Å². The Balaban J connectivity index is 1.21. The maximum atomic E-state index is 2.48. The molecule has 10 rings (SSSR count). The van der Waals surface area contributed by atoms with Gasteiger partial charge in [-0.1, -0.05) is 164 Å². The molecule has 0 aliphatic rings. The van der Waals surface area contributed by atoms with Crippen molar-refractivity contribution >= 4 is 70.1 Å². The summed E-state index contributed by atoms with van der Waals surface area (Å²) < 4.78 is 2.62. The van der Waals surface area contributed by atoms with Crippen LogP contribution in [-0.2, 0) is 0 Å². The number of nitrogens with zero attached hydrogens (tertiary/aromatic N) is 1.